The van der Waals surface area contributed by atoms with Crippen molar-refractivity contribution in [3.05, 3.63) is 13.8 Å². The summed E-state index contributed by atoms with van der Waals surface area (Å²) in [6.07, 6.45) is 0. The van der Waals surface area contributed by atoms with Gasteiger partial charge in [0.1, 0.15) is 0 Å². The van der Waals surface area contributed by atoms with Gasteiger partial charge in [-0.2, -0.15) is 13.8 Å². The Morgan fingerprint density at radius 2 is 0.833 bits per heavy atom. The van der Waals surface area contributed by atoms with E-state index < -0.39 is 0 Å². The molecule has 0 unspecified atom stereocenters. The summed E-state index contributed by atoms with van der Waals surface area (Å²) in [6, 6.07) is 0. The molecule has 0 saturated heterocycles. The Kier molecular flexibility index (Phi) is 495. The second-order valence-electron chi connectivity index (χ2n) is 0. The largest absolute Gasteiger partial charge is 2.00 e. The Labute approximate surface area is 67.6 Å². The van der Waals surface area contributed by atoms with Gasteiger partial charge in [0.2, 0.25) is 0 Å². The normalized spacial score (nSPS) is 2.00. The first-order valence-electron chi connectivity index (χ1n) is 1.41. The van der Waals surface area contributed by atoms with Crippen LogP contribution in [0.5, 0.6) is 0 Å². The maximum Gasteiger partial charge on any atom is 2.00 e. The van der Waals surface area contributed by atoms with Gasteiger partial charge in [-0.25, -0.2) is 0 Å². The van der Waals surface area contributed by atoms with Gasteiger partial charge in [-0.05, 0) is 0 Å². The summed E-state index contributed by atoms with van der Waals surface area (Å²) in [5.41, 5.74) is 0. The Morgan fingerprint density at radius 1 is 0.833 bits per heavy atom. The fourth-order valence-corrected chi connectivity index (χ4v) is 0. The van der Waals surface area contributed by atoms with Crippen molar-refractivity contribution in [3.63, 3.8) is 0 Å². The number of halogens is 1. The van der Waals surface area contributed by atoms with Crippen LogP contribution in [0.2, 0.25) is 0 Å². The molecular weight excluding hydrogens is 152 g/mol. The first kappa shape index (κ1) is 26.8. The van der Waals surface area contributed by atoms with Crippen LogP contribution in [0, 0.1) is 13.8 Å². The molecule has 0 nitrogen and oxygen atoms in total. The Bertz CT molecular complexity index is 7.51. The van der Waals surface area contributed by atoms with Crippen LogP contribution >= 0.6 is 0 Å². The quantitative estimate of drug-likeness (QED) is 0.294. The van der Waals surface area contributed by atoms with Crippen LogP contribution in [0.3, 0.4) is 0 Å². The van der Waals surface area contributed by atoms with E-state index >= 15 is 0 Å². The van der Waals surface area contributed by atoms with Crippen molar-refractivity contribution >= 4 is 23.1 Å². The third-order valence-corrected chi connectivity index (χ3v) is 0. The van der Waals surface area contributed by atoms with Gasteiger partial charge in [0.05, 0.1) is 0 Å². The van der Waals surface area contributed by atoms with E-state index in [-0.39, 0.29) is 40.0 Å². The van der Waals surface area contributed by atoms with Crippen molar-refractivity contribution in [3.8, 4) is 0 Å². The van der Waals surface area contributed by atoms with Crippen LogP contribution in [0.1, 0.15) is 13.8 Å². The van der Waals surface area contributed by atoms with Crippen molar-refractivity contribution in [2.45, 2.75) is 13.8 Å². The molecule has 0 heterocycles. The number of hydrogen-bond acceptors (Lipinski definition) is 0. The summed E-state index contributed by atoms with van der Waals surface area (Å²) in [5.74, 6) is 0. The maximum absolute atomic E-state index is 3.25. The molecular formula is C4H10BrMg-. The van der Waals surface area contributed by atoms with Gasteiger partial charge in [0, 0.05) is 0 Å². The van der Waals surface area contributed by atoms with Gasteiger partial charge in [-0.15, -0.1) is 0 Å². The zero-order valence-corrected chi connectivity index (χ0v) is 7.50. The predicted molar refractivity (Wildman–Crippen MR) is 27.8 cm³/mol. The topological polar surface area (TPSA) is 0 Å². The summed E-state index contributed by atoms with van der Waals surface area (Å²) < 4.78 is 0. The van der Waals surface area contributed by atoms with E-state index in [1.54, 1.807) is 13.8 Å². The minimum Gasteiger partial charge on any atom is -1.00 e. The molecule has 0 aromatic heterocycles. The van der Waals surface area contributed by atoms with Gasteiger partial charge >= 0.3 is 23.1 Å². The van der Waals surface area contributed by atoms with Crippen molar-refractivity contribution in [1.29, 1.82) is 0 Å². The third-order valence-electron chi connectivity index (χ3n) is 0. The molecule has 0 aliphatic rings. The second kappa shape index (κ2) is 111. The number of hydrogen-bond donors (Lipinski definition) is 0. The SMILES string of the molecule is [Br-].[CH2-]C.[CH2-]C.[Mg+2]. The summed E-state index contributed by atoms with van der Waals surface area (Å²) in [6.45, 7) is 10.0. The van der Waals surface area contributed by atoms with Crippen LogP contribution in [-0.4, -0.2) is 23.1 Å². The molecule has 2 heteroatoms. The van der Waals surface area contributed by atoms with Crippen LogP contribution < -0.4 is 17.0 Å². The van der Waals surface area contributed by atoms with Gasteiger partial charge in [0.25, 0.3) is 0 Å². The van der Waals surface area contributed by atoms with E-state index in [2.05, 4.69) is 13.8 Å². The predicted octanol–water partition coefficient (Wildman–Crippen LogP) is -1.70. The molecule has 36 valence electrons. The molecule has 0 aliphatic carbocycles. The van der Waals surface area contributed by atoms with Gasteiger partial charge in [-0.3, -0.25) is 0 Å². The molecule has 0 aliphatic heterocycles. The fraction of sp³-hybridized carbons (Fsp3) is 0.500. The van der Waals surface area contributed by atoms with E-state index in [1.807, 2.05) is 0 Å². The summed E-state index contributed by atoms with van der Waals surface area (Å²) in [5, 5.41) is 0. The van der Waals surface area contributed by atoms with Crippen LogP contribution in [0.25, 0.3) is 0 Å². The molecule has 0 radical (unpaired) electrons. The van der Waals surface area contributed by atoms with Gasteiger partial charge < -0.3 is 30.8 Å². The van der Waals surface area contributed by atoms with Crippen LogP contribution in [-0.2, 0) is 0 Å². The van der Waals surface area contributed by atoms with Gasteiger partial charge in [0.15, 0.2) is 0 Å². The zero-order valence-electron chi connectivity index (χ0n) is 4.50. The summed E-state index contributed by atoms with van der Waals surface area (Å²) in [4.78, 5) is 0. The van der Waals surface area contributed by atoms with Crippen molar-refractivity contribution in [2.24, 2.45) is 0 Å². The van der Waals surface area contributed by atoms with Crippen molar-refractivity contribution < 1.29 is 17.0 Å². The molecule has 0 N–H and O–H groups in total. The average molecular weight is 162 g/mol. The smallest absolute Gasteiger partial charge is 1.00 e. The monoisotopic (exact) mass is 161 g/mol. The number of rotatable bonds is 0. The van der Waals surface area contributed by atoms with E-state index in [0.29, 0.717) is 0 Å². The third kappa shape index (κ3) is 60.9. The molecule has 0 atom stereocenters. The Hall–Kier alpha value is 1.25. The molecule has 0 saturated carbocycles. The first-order chi connectivity index (χ1) is 2.00. The Balaban J connectivity index is -0.00000000500. The van der Waals surface area contributed by atoms with Crippen molar-refractivity contribution in [1.82, 2.24) is 0 Å². The summed E-state index contributed by atoms with van der Waals surface area (Å²) in [7, 11) is 0. The van der Waals surface area contributed by atoms with Crippen LogP contribution in [0.15, 0.2) is 0 Å². The molecule has 0 aromatic carbocycles. The van der Waals surface area contributed by atoms with E-state index in [0.717, 1.165) is 0 Å². The molecule has 0 spiro atoms. The Morgan fingerprint density at radius 3 is 0.833 bits per heavy atom. The minimum absolute atomic E-state index is 0. The zero-order chi connectivity index (χ0) is 4.00. The van der Waals surface area contributed by atoms with E-state index in [1.165, 1.54) is 0 Å². The van der Waals surface area contributed by atoms with E-state index in [9.17, 15) is 0 Å². The summed E-state index contributed by atoms with van der Waals surface area (Å²) >= 11 is 0. The second-order valence-corrected chi connectivity index (χ2v) is 0. The maximum atomic E-state index is 3.25. The molecule has 0 amide bonds. The molecule has 6 heavy (non-hydrogen) atoms. The molecule has 0 aromatic rings. The standard InChI is InChI=1S/2C2H5.BrH.Mg/c2*1-2;;/h2*1H2,2H3;1H;/q2*-1;;+2/p-1. The fourth-order valence-electron chi connectivity index (χ4n) is 0. The van der Waals surface area contributed by atoms with Crippen LogP contribution in [0.4, 0.5) is 0 Å². The first-order valence-corrected chi connectivity index (χ1v) is 1.41. The van der Waals surface area contributed by atoms with Gasteiger partial charge in [-0.1, -0.05) is 0 Å². The van der Waals surface area contributed by atoms with E-state index in [4.69, 9.17) is 0 Å². The average Bonchev–Trinajstić information content (AvgIpc) is 1.50. The minimum atomic E-state index is 0. The molecule has 0 fully saturated rings. The molecule has 0 bridgehead atoms. The van der Waals surface area contributed by atoms with Crippen molar-refractivity contribution in [2.75, 3.05) is 0 Å². The molecule has 0 rings (SSSR count).